The zero-order valence-corrected chi connectivity index (χ0v) is 14.7. The molecule has 1 N–H and O–H groups in total. The number of hydrogen-bond acceptors (Lipinski definition) is 5. The van der Waals surface area contributed by atoms with Gasteiger partial charge in [-0.2, -0.15) is 0 Å². The van der Waals surface area contributed by atoms with E-state index in [0.717, 1.165) is 44.1 Å². The average molecular weight is 345 g/mol. The van der Waals surface area contributed by atoms with Crippen LogP contribution < -0.4 is 10.1 Å². The van der Waals surface area contributed by atoms with Crippen LogP contribution in [0.4, 0.5) is 0 Å². The Hall–Kier alpha value is -1.63. The number of para-hydroxylation sites is 1. The van der Waals surface area contributed by atoms with Gasteiger partial charge in [-0.25, -0.2) is 0 Å². The Balaban J connectivity index is 1.32. The molecule has 0 bridgehead atoms. The molecule has 2 saturated heterocycles. The number of amides is 1. The van der Waals surface area contributed by atoms with Gasteiger partial charge in [0.25, 0.3) is 0 Å². The normalized spacial score (nSPS) is 27.5. The number of hydrogen-bond donors (Lipinski definition) is 1. The Labute approximate surface area is 149 Å². The van der Waals surface area contributed by atoms with Crippen molar-refractivity contribution >= 4 is 5.91 Å². The summed E-state index contributed by atoms with van der Waals surface area (Å²) < 4.78 is 11.4. The van der Waals surface area contributed by atoms with E-state index in [2.05, 4.69) is 21.2 Å². The molecular weight excluding hydrogens is 318 g/mol. The lowest BCUT2D eigenvalue weighted by atomic mass is 10.1. The van der Waals surface area contributed by atoms with Gasteiger partial charge in [0, 0.05) is 18.7 Å². The van der Waals surface area contributed by atoms with E-state index in [9.17, 15) is 4.79 Å². The van der Waals surface area contributed by atoms with Crippen LogP contribution in [-0.4, -0.2) is 73.8 Å². The molecule has 6 heteroatoms. The molecule has 3 heterocycles. The molecular formula is C19H27N3O3. The van der Waals surface area contributed by atoms with E-state index in [-0.39, 0.29) is 11.9 Å². The van der Waals surface area contributed by atoms with E-state index in [0.29, 0.717) is 25.8 Å². The summed E-state index contributed by atoms with van der Waals surface area (Å²) in [5, 5.41) is 3.21. The Kier molecular flexibility index (Phi) is 5.20. The molecule has 25 heavy (non-hydrogen) atoms. The second-order valence-electron chi connectivity index (χ2n) is 7.19. The van der Waals surface area contributed by atoms with E-state index in [1.807, 2.05) is 18.2 Å². The fourth-order valence-corrected chi connectivity index (χ4v) is 4.08. The maximum Gasteiger partial charge on any atom is 0.234 e. The van der Waals surface area contributed by atoms with Gasteiger partial charge in [0.15, 0.2) is 0 Å². The number of ether oxygens (including phenoxy) is 2. The number of fused-ring (bicyclic) bond motifs is 1. The van der Waals surface area contributed by atoms with Crippen molar-refractivity contribution in [2.24, 2.45) is 0 Å². The predicted octanol–water partition coefficient (Wildman–Crippen LogP) is 0.860. The van der Waals surface area contributed by atoms with Crippen LogP contribution in [0.15, 0.2) is 24.3 Å². The molecule has 2 atom stereocenters. The molecule has 0 aromatic heterocycles. The SMILES string of the molecule is O=C(CN1CCOc2ccccc2C1)N[C@H]1COC[C@@H]1N1CCCC1. The fourth-order valence-electron chi connectivity index (χ4n) is 4.08. The van der Waals surface area contributed by atoms with E-state index < -0.39 is 0 Å². The van der Waals surface area contributed by atoms with Crippen molar-refractivity contribution in [3.05, 3.63) is 29.8 Å². The van der Waals surface area contributed by atoms with Gasteiger partial charge in [0.2, 0.25) is 5.91 Å². The molecule has 0 unspecified atom stereocenters. The number of rotatable bonds is 4. The van der Waals surface area contributed by atoms with Crippen molar-refractivity contribution in [1.82, 2.24) is 15.1 Å². The Bertz CT molecular complexity index is 603. The lowest BCUT2D eigenvalue weighted by Crippen LogP contribution is -2.52. The second kappa shape index (κ2) is 7.72. The summed E-state index contributed by atoms with van der Waals surface area (Å²) in [6, 6.07) is 8.51. The number of carbonyl (C=O) groups excluding carboxylic acids is 1. The summed E-state index contributed by atoms with van der Waals surface area (Å²) in [5.74, 6) is 1.02. The topological polar surface area (TPSA) is 54.0 Å². The van der Waals surface area contributed by atoms with Crippen LogP contribution in [0.5, 0.6) is 5.75 Å². The zero-order valence-electron chi connectivity index (χ0n) is 14.7. The van der Waals surface area contributed by atoms with Gasteiger partial charge in [-0.1, -0.05) is 18.2 Å². The zero-order chi connectivity index (χ0) is 17.1. The van der Waals surface area contributed by atoms with Gasteiger partial charge < -0.3 is 14.8 Å². The Morgan fingerprint density at radius 2 is 2.00 bits per heavy atom. The van der Waals surface area contributed by atoms with Crippen LogP contribution in [0.25, 0.3) is 0 Å². The maximum atomic E-state index is 12.6. The molecule has 0 aliphatic carbocycles. The fraction of sp³-hybridized carbons (Fsp3) is 0.632. The third-order valence-corrected chi connectivity index (χ3v) is 5.41. The number of nitrogens with zero attached hydrogens (tertiary/aromatic N) is 2. The van der Waals surface area contributed by atoms with E-state index in [1.54, 1.807) is 0 Å². The second-order valence-corrected chi connectivity index (χ2v) is 7.19. The first-order valence-corrected chi connectivity index (χ1v) is 9.34. The van der Waals surface area contributed by atoms with Crippen LogP contribution in [0.3, 0.4) is 0 Å². The smallest absolute Gasteiger partial charge is 0.234 e. The predicted molar refractivity (Wildman–Crippen MR) is 94.6 cm³/mol. The molecule has 0 radical (unpaired) electrons. The minimum absolute atomic E-state index is 0.0825. The molecule has 3 aliphatic rings. The lowest BCUT2D eigenvalue weighted by molar-refractivity contribution is -0.123. The number of nitrogens with one attached hydrogen (secondary N) is 1. The van der Waals surface area contributed by atoms with Crippen LogP contribution in [0, 0.1) is 0 Å². The van der Waals surface area contributed by atoms with Crippen LogP contribution in [0.1, 0.15) is 18.4 Å². The first-order chi connectivity index (χ1) is 12.3. The average Bonchev–Trinajstić information content (AvgIpc) is 3.23. The van der Waals surface area contributed by atoms with Crippen LogP contribution in [0.2, 0.25) is 0 Å². The molecule has 4 rings (SSSR count). The largest absolute Gasteiger partial charge is 0.492 e. The van der Waals surface area contributed by atoms with Crippen molar-refractivity contribution in [2.45, 2.75) is 31.5 Å². The number of benzene rings is 1. The molecule has 1 aromatic carbocycles. The van der Waals surface area contributed by atoms with Crippen LogP contribution in [-0.2, 0) is 16.1 Å². The molecule has 0 saturated carbocycles. The van der Waals surface area contributed by atoms with Gasteiger partial charge in [-0.15, -0.1) is 0 Å². The van der Waals surface area contributed by atoms with Crippen molar-refractivity contribution in [3.63, 3.8) is 0 Å². The summed E-state index contributed by atoms with van der Waals surface area (Å²) in [4.78, 5) is 17.2. The van der Waals surface area contributed by atoms with Crippen molar-refractivity contribution in [1.29, 1.82) is 0 Å². The first-order valence-electron chi connectivity index (χ1n) is 9.34. The highest BCUT2D eigenvalue weighted by Gasteiger charge is 2.35. The quantitative estimate of drug-likeness (QED) is 0.877. The molecule has 1 amide bonds. The van der Waals surface area contributed by atoms with Gasteiger partial charge in [0.05, 0.1) is 31.8 Å². The van der Waals surface area contributed by atoms with E-state index in [4.69, 9.17) is 9.47 Å². The van der Waals surface area contributed by atoms with Gasteiger partial charge in [-0.05, 0) is 32.0 Å². The summed E-state index contributed by atoms with van der Waals surface area (Å²) in [6.07, 6.45) is 2.51. The van der Waals surface area contributed by atoms with Crippen LogP contribution >= 0.6 is 0 Å². The molecule has 3 aliphatic heterocycles. The molecule has 136 valence electrons. The molecule has 0 spiro atoms. The Morgan fingerprint density at radius 3 is 2.88 bits per heavy atom. The minimum Gasteiger partial charge on any atom is -0.492 e. The maximum absolute atomic E-state index is 12.6. The standard InChI is InChI=1S/C19H27N3O3/c23-19(20-16-13-24-14-17(16)22-7-3-4-8-22)12-21-9-10-25-18-6-2-1-5-15(18)11-21/h1-2,5-6,16-17H,3-4,7-14H2,(H,20,23)/t16-,17-/m0/s1. The van der Waals surface area contributed by atoms with E-state index in [1.165, 1.54) is 12.8 Å². The highest BCUT2D eigenvalue weighted by atomic mass is 16.5. The summed E-state index contributed by atoms with van der Waals surface area (Å²) in [5.41, 5.74) is 1.15. The highest BCUT2D eigenvalue weighted by molar-refractivity contribution is 5.78. The van der Waals surface area contributed by atoms with Gasteiger partial charge in [0.1, 0.15) is 12.4 Å². The lowest BCUT2D eigenvalue weighted by Gasteiger charge is -2.28. The van der Waals surface area contributed by atoms with Crippen molar-refractivity contribution in [2.75, 3.05) is 46.0 Å². The van der Waals surface area contributed by atoms with Crippen molar-refractivity contribution < 1.29 is 14.3 Å². The van der Waals surface area contributed by atoms with Gasteiger partial charge >= 0.3 is 0 Å². The van der Waals surface area contributed by atoms with Gasteiger partial charge in [-0.3, -0.25) is 14.6 Å². The summed E-state index contributed by atoms with van der Waals surface area (Å²) in [6.45, 7) is 6.14. The summed E-state index contributed by atoms with van der Waals surface area (Å²) in [7, 11) is 0. The highest BCUT2D eigenvalue weighted by Crippen LogP contribution is 2.22. The minimum atomic E-state index is 0.0825. The summed E-state index contributed by atoms with van der Waals surface area (Å²) >= 11 is 0. The molecule has 6 nitrogen and oxygen atoms in total. The first kappa shape index (κ1) is 16.8. The molecule has 2 fully saturated rings. The monoisotopic (exact) mass is 345 g/mol. The Morgan fingerprint density at radius 1 is 1.16 bits per heavy atom. The molecule has 1 aromatic rings. The number of likely N-dealkylation sites (tertiary alicyclic amines) is 1. The number of carbonyl (C=O) groups is 1. The van der Waals surface area contributed by atoms with Crippen molar-refractivity contribution in [3.8, 4) is 5.75 Å². The third-order valence-electron chi connectivity index (χ3n) is 5.41. The van der Waals surface area contributed by atoms with E-state index >= 15 is 0 Å². The third kappa shape index (κ3) is 3.97.